The summed E-state index contributed by atoms with van der Waals surface area (Å²) in [7, 11) is 0. The topological polar surface area (TPSA) is 81.7 Å². The van der Waals surface area contributed by atoms with Gasteiger partial charge in [0.05, 0.1) is 5.56 Å². The lowest BCUT2D eigenvalue weighted by Crippen LogP contribution is -2.27. The van der Waals surface area contributed by atoms with E-state index in [1.807, 2.05) is 0 Å². The van der Waals surface area contributed by atoms with Crippen molar-refractivity contribution in [1.29, 1.82) is 0 Å². The van der Waals surface area contributed by atoms with E-state index >= 15 is 0 Å². The SMILES string of the molecule is CCCCCCCCC(OC(=O)CCCCCNC(=O)OC(=O)c1ccccc1)C1CC1. The normalized spacial score (nSPS) is 13.9. The van der Waals surface area contributed by atoms with Gasteiger partial charge in [0, 0.05) is 13.0 Å². The minimum atomic E-state index is -0.750. The van der Waals surface area contributed by atoms with E-state index in [1.54, 1.807) is 30.3 Å². The third-order valence-corrected chi connectivity index (χ3v) is 5.79. The first-order valence-corrected chi connectivity index (χ1v) is 12.3. The maximum Gasteiger partial charge on any atom is 0.415 e. The van der Waals surface area contributed by atoms with Crippen LogP contribution in [0.4, 0.5) is 4.79 Å². The summed E-state index contributed by atoms with van der Waals surface area (Å²) >= 11 is 0. The zero-order valence-corrected chi connectivity index (χ0v) is 19.5. The molecule has 1 saturated carbocycles. The van der Waals surface area contributed by atoms with E-state index in [0.29, 0.717) is 30.9 Å². The van der Waals surface area contributed by atoms with E-state index < -0.39 is 12.1 Å². The number of esters is 2. The molecule has 1 aromatic rings. The van der Waals surface area contributed by atoms with E-state index in [0.717, 1.165) is 25.7 Å². The maximum atomic E-state index is 12.2. The molecule has 6 heteroatoms. The maximum absolute atomic E-state index is 12.2. The summed E-state index contributed by atoms with van der Waals surface area (Å²) in [4.78, 5) is 35.7. The Labute approximate surface area is 192 Å². The molecule has 32 heavy (non-hydrogen) atoms. The summed E-state index contributed by atoms with van der Waals surface area (Å²) in [5, 5.41) is 2.57. The Morgan fingerprint density at radius 1 is 0.938 bits per heavy atom. The van der Waals surface area contributed by atoms with Crippen LogP contribution in [0.2, 0.25) is 0 Å². The van der Waals surface area contributed by atoms with Gasteiger partial charge in [-0.05, 0) is 56.6 Å². The van der Waals surface area contributed by atoms with Gasteiger partial charge in [0.25, 0.3) is 0 Å². The highest BCUT2D eigenvalue weighted by molar-refractivity contribution is 5.96. The third-order valence-electron chi connectivity index (χ3n) is 5.79. The lowest BCUT2D eigenvalue weighted by Gasteiger charge is -2.17. The predicted molar refractivity (Wildman–Crippen MR) is 124 cm³/mol. The number of unbranched alkanes of at least 4 members (excludes halogenated alkanes) is 7. The van der Waals surface area contributed by atoms with Crippen LogP contribution in [0.5, 0.6) is 0 Å². The van der Waals surface area contributed by atoms with Gasteiger partial charge in [-0.25, -0.2) is 9.59 Å². The molecule has 0 aromatic heterocycles. The number of carbonyl (C=O) groups is 3. The van der Waals surface area contributed by atoms with Crippen molar-refractivity contribution in [3.05, 3.63) is 35.9 Å². The summed E-state index contributed by atoms with van der Waals surface area (Å²) < 4.78 is 10.5. The van der Waals surface area contributed by atoms with Gasteiger partial charge in [0.1, 0.15) is 6.10 Å². The highest BCUT2D eigenvalue weighted by atomic mass is 16.6. The average molecular weight is 446 g/mol. The summed E-state index contributed by atoms with van der Waals surface area (Å²) in [6.45, 7) is 2.63. The van der Waals surface area contributed by atoms with Gasteiger partial charge in [-0.2, -0.15) is 0 Å². The molecule has 0 aliphatic heterocycles. The first-order chi connectivity index (χ1) is 15.6. The van der Waals surface area contributed by atoms with Gasteiger partial charge in [-0.1, -0.05) is 63.6 Å². The monoisotopic (exact) mass is 445 g/mol. The molecule has 1 atom stereocenters. The summed E-state index contributed by atoms with van der Waals surface area (Å²) in [5.74, 6) is -0.200. The molecule has 6 nitrogen and oxygen atoms in total. The second kappa shape index (κ2) is 15.4. The lowest BCUT2D eigenvalue weighted by atomic mass is 10.0. The van der Waals surface area contributed by atoms with Crippen molar-refractivity contribution >= 4 is 18.0 Å². The number of benzene rings is 1. The molecule has 0 saturated heterocycles. The quantitative estimate of drug-likeness (QED) is 0.186. The summed E-state index contributed by atoms with van der Waals surface area (Å²) in [6, 6.07) is 8.39. The number of nitrogens with one attached hydrogen (secondary N) is 1. The third kappa shape index (κ3) is 11.3. The van der Waals surface area contributed by atoms with Gasteiger partial charge in [-0.3, -0.25) is 4.79 Å². The van der Waals surface area contributed by atoms with Crippen molar-refractivity contribution in [3.63, 3.8) is 0 Å². The van der Waals surface area contributed by atoms with Gasteiger partial charge >= 0.3 is 18.0 Å². The van der Waals surface area contributed by atoms with Crippen LogP contribution in [0.25, 0.3) is 0 Å². The van der Waals surface area contributed by atoms with Crippen molar-refractivity contribution < 1.29 is 23.9 Å². The Hall–Kier alpha value is -2.37. The Balaban J connectivity index is 1.49. The fourth-order valence-corrected chi connectivity index (χ4v) is 3.73. The van der Waals surface area contributed by atoms with Crippen LogP contribution in [0.15, 0.2) is 30.3 Å². The predicted octanol–water partition coefficient (Wildman–Crippen LogP) is 6.19. The van der Waals surface area contributed by atoms with Crippen LogP contribution in [0.3, 0.4) is 0 Å². The van der Waals surface area contributed by atoms with Crippen LogP contribution in [-0.4, -0.2) is 30.7 Å². The van der Waals surface area contributed by atoms with Crippen LogP contribution in [0, 0.1) is 5.92 Å². The first kappa shape index (κ1) is 25.9. The fourth-order valence-electron chi connectivity index (χ4n) is 3.73. The number of rotatable bonds is 16. The highest BCUT2D eigenvalue weighted by Gasteiger charge is 2.33. The molecular weight excluding hydrogens is 406 g/mol. The molecular formula is C26H39NO5. The molecule has 0 radical (unpaired) electrons. The van der Waals surface area contributed by atoms with Gasteiger partial charge in [-0.15, -0.1) is 0 Å². The second-order valence-electron chi connectivity index (χ2n) is 8.70. The molecule has 0 spiro atoms. The molecule has 0 bridgehead atoms. The molecule has 1 amide bonds. The summed E-state index contributed by atoms with van der Waals surface area (Å²) in [5.41, 5.74) is 0.335. The number of alkyl carbamates (subject to hydrolysis) is 1. The lowest BCUT2D eigenvalue weighted by molar-refractivity contribution is -0.150. The Kier molecular flexibility index (Phi) is 12.5. The van der Waals surface area contributed by atoms with E-state index in [-0.39, 0.29) is 12.1 Å². The van der Waals surface area contributed by atoms with E-state index in [4.69, 9.17) is 9.47 Å². The van der Waals surface area contributed by atoms with Gasteiger partial charge < -0.3 is 14.8 Å². The second-order valence-corrected chi connectivity index (χ2v) is 8.70. The number of amides is 1. The molecule has 1 aliphatic carbocycles. The zero-order chi connectivity index (χ0) is 23.0. The van der Waals surface area contributed by atoms with Crippen molar-refractivity contribution in [2.75, 3.05) is 6.54 Å². The smallest absolute Gasteiger partial charge is 0.415 e. The Morgan fingerprint density at radius 2 is 1.62 bits per heavy atom. The van der Waals surface area contributed by atoms with Crippen molar-refractivity contribution in [3.8, 4) is 0 Å². The van der Waals surface area contributed by atoms with E-state index in [9.17, 15) is 14.4 Å². The molecule has 1 aromatic carbocycles. The summed E-state index contributed by atoms with van der Waals surface area (Å²) in [6.07, 6.45) is 12.9. The number of hydrogen-bond acceptors (Lipinski definition) is 5. The van der Waals surface area contributed by atoms with Crippen LogP contribution >= 0.6 is 0 Å². The minimum Gasteiger partial charge on any atom is -0.462 e. The van der Waals surface area contributed by atoms with Gasteiger partial charge in [0.15, 0.2) is 0 Å². The molecule has 1 aliphatic rings. The average Bonchev–Trinajstić information content (AvgIpc) is 3.63. The Morgan fingerprint density at radius 3 is 2.34 bits per heavy atom. The molecule has 1 fully saturated rings. The van der Waals surface area contributed by atoms with E-state index in [1.165, 1.54) is 44.9 Å². The van der Waals surface area contributed by atoms with E-state index in [2.05, 4.69) is 12.2 Å². The molecule has 0 heterocycles. The molecule has 1 unspecified atom stereocenters. The van der Waals surface area contributed by atoms with Crippen LogP contribution < -0.4 is 5.32 Å². The highest BCUT2D eigenvalue weighted by Crippen LogP contribution is 2.37. The van der Waals surface area contributed by atoms with Gasteiger partial charge in [0.2, 0.25) is 0 Å². The van der Waals surface area contributed by atoms with Crippen LogP contribution in [0.1, 0.15) is 101 Å². The molecule has 178 valence electrons. The molecule has 2 rings (SSSR count). The largest absolute Gasteiger partial charge is 0.462 e. The minimum absolute atomic E-state index is 0.103. The Bertz CT molecular complexity index is 687. The van der Waals surface area contributed by atoms with Crippen molar-refractivity contribution in [1.82, 2.24) is 5.32 Å². The van der Waals surface area contributed by atoms with Crippen molar-refractivity contribution in [2.45, 2.75) is 96.5 Å². The zero-order valence-electron chi connectivity index (χ0n) is 19.5. The fraction of sp³-hybridized carbons (Fsp3) is 0.654. The van der Waals surface area contributed by atoms with Crippen LogP contribution in [-0.2, 0) is 14.3 Å². The standard InChI is InChI=1S/C26H39NO5/c1-2-3-4-5-6-11-16-23(21-18-19-21)31-24(28)17-12-8-13-20-27-26(30)32-25(29)22-14-9-7-10-15-22/h7,9-10,14-15,21,23H,2-6,8,11-13,16-20H2,1H3,(H,27,30). The number of carbonyl (C=O) groups excluding carboxylic acids is 3. The van der Waals surface area contributed by atoms with Crippen molar-refractivity contribution in [2.24, 2.45) is 5.92 Å². The molecule has 1 N–H and O–H groups in total. The number of ether oxygens (including phenoxy) is 2. The first-order valence-electron chi connectivity index (χ1n) is 12.3. The number of hydrogen-bond donors (Lipinski definition) is 1.